The molecule has 1 fully saturated rings. The molecule has 2 unspecified atom stereocenters. The molecule has 2 nitrogen and oxygen atoms in total. The third-order valence-corrected chi connectivity index (χ3v) is 3.31. The van der Waals surface area contributed by atoms with Crippen LogP contribution < -0.4 is 5.32 Å². The molecule has 15 heavy (non-hydrogen) atoms. The van der Waals surface area contributed by atoms with E-state index in [0.717, 1.165) is 5.92 Å². The van der Waals surface area contributed by atoms with E-state index in [0.29, 0.717) is 6.04 Å². The molecule has 1 N–H and O–H groups in total. The Morgan fingerprint density at radius 2 is 1.87 bits per heavy atom. The molecule has 1 saturated heterocycles. The fraction of sp³-hybridized carbons (Fsp3) is 1.00. The van der Waals surface area contributed by atoms with Gasteiger partial charge in [-0.3, -0.25) is 0 Å². The minimum absolute atomic E-state index is 0.691. The summed E-state index contributed by atoms with van der Waals surface area (Å²) >= 11 is 0. The van der Waals surface area contributed by atoms with Gasteiger partial charge in [0.1, 0.15) is 0 Å². The van der Waals surface area contributed by atoms with Gasteiger partial charge in [0.2, 0.25) is 0 Å². The summed E-state index contributed by atoms with van der Waals surface area (Å²) < 4.78 is 0. The molecule has 1 aliphatic heterocycles. The van der Waals surface area contributed by atoms with E-state index < -0.39 is 0 Å². The molecular formula is C13H28N2. The van der Waals surface area contributed by atoms with Gasteiger partial charge in [0.05, 0.1) is 0 Å². The summed E-state index contributed by atoms with van der Waals surface area (Å²) in [6.45, 7) is 12.0. The lowest BCUT2D eigenvalue weighted by molar-refractivity contribution is 0.277. The van der Waals surface area contributed by atoms with Crippen molar-refractivity contribution < 1.29 is 0 Å². The maximum absolute atomic E-state index is 3.63. The van der Waals surface area contributed by atoms with Crippen molar-refractivity contribution in [3.05, 3.63) is 0 Å². The third-order valence-electron chi connectivity index (χ3n) is 3.31. The predicted molar refractivity (Wildman–Crippen MR) is 67.2 cm³/mol. The van der Waals surface area contributed by atoms with Crippen molar-refractivity contribution in [2.45, 2.75) is 52.5 Å². The summed E-state index contributed by atoms with van der Waals surface area (Å²) in [5.41, 5.74) is 0. The average Bonchev–Trinajstić information content (AvgIpc) is 2.68. The van der Waals surface area contributed by atoms with Crippen LogP contribution in [0.4, 0.5) is 0 Å². The monoisotopic (exact) mass is 212 g/mol. The minimum Gasteiger partial charge on any atom is -0.314 e. The summed E-state index contributed by atoms with van der Waals surface area (Å²) in [7, 11) is 0. The van der Waals surface area contributed by atoms with Crippen LogP contribution in [-0.2, 0) is 0 Å². The zero-order chi connectivity index (χ0) is 11.1. The van der Waals surface area contributed by atoms with E-state index in [9.17, 15) is 0 Å². The van der Waals surface area contributed by atoms with Gasteiger partial charge >= 0.3 is 0 Å². The number of likely N-dealkylation sites (tertiary alicyclic amines) is 1. The molecule has 1 aliphatic rings. The van der Waals surface area contributed by atoms with Gasteiger partial charge in [-0.15, -0.1) is 0 Å². The highest BCUT2D eigenvalue weighted by Gasteiger charge is 2.14. The lowest BCUT2D eigenvalue weighted by atomic mass is 10.1. The third kappa shape index (κ3) is 5.53. The van der Waals surface area contributed by atoms with Gasteiger partial charge in [0.15, 0.2) is 0 Å². The molecule has 0 amide bonds. The van der Waals surface area contributed by atoms with Gasteiger partial charge in [-0.25, -0.2) is 0 Å². The highest BCUT2D eigenvalue weighted by molar-refractivity contribution is 4.71. The molecule has 1 heterocycles. The van der Waals surface area contributed by atoms with Crippen molar-refractivity contribution in [1.82, 2.24) is 10.2 Å². The fourth-order valence-electron chi connectivity index (χ4n) is 2.41. The Hall–Kier alpha value is -0.0800. The molecule has 0 bridgehead atoms. The molecule has 90 valence electrons. The Morgan fingerprint density at radius 3 is 2.47 bits per heavy atom. The van der Waals surface area contributed by atoms with Crippen LogP contribution in [0.25, 0.3) is 0 Å². The van der Waals surface area contributed by atoms with Crippen molar-refractivity contribution in [2.75, 3.05) is 26.2 Å². The molecule has 0 spiro atoms. The normalized spacial score (nSPS) is 21.8. The Morgan fingerprint density at radius 1 is 1.20 bits per heavy atom. The highest BCUT2D eigenvalue weighted by Crippen LogP contribution is 2.09. The van der Waals surface area contributed by atoms with Gasteiger partial charge in [0.25, 0.3) is 0 Å². The molecule has 0 aromatic heterocycles. The second-order valence-corrected chi connectivity index (χ2v) is 5.21. The van der Waals surface area contributed by atoms with Crippen molar-refractivity contribution >= 4 is 0 Å². The molecule has 2 heteroatoms. The molecule has 0 aliphatic carbocycles. The van der Waals surface area contributed by atoms with E-state index in [-0.39, 0.29) is 0 Å². The van der Waals surface area contributed by atoms with Gasteiger partial charge in [-0.2, -0.15) is 0 Å². The second kappa shape index (κ2) is 7.24. The zero-order valence-corrected chi connectivity index (χ0v) is 10.8. The maximum Gasteiger partial charge on any atom is 0.00387 e. The van der Waals surface area contributed by atoms with Gasteiger partial charge in [-0.1, -0.05) is 20.3 Å². The predicted octanol–water partition coefficient (Wildman–Crippen LogP) is 2.50. The summed E-state index contributed by atoms with van der Waals surface area (Å²) in [6.07, 6.45) is 5.41. The van der Waals surface area contributed by atoms with Crippen LogP contribution in [0, 0.1) is 5.92 Å². The number of rotatable bonds is 7. The fourth-order valence-corrected chi connectivity index (χ4v) is 2.41. The quantitative estimate of drug-likeness (QED) is 0.697. The van der Waals surface area contributed by atoms with E-state index in [1.807, 2.05) is 0 Å². The Kier molecular flexibility index (Phi) is 6.26. The lowest BCUT2D eigenvalue weighted by Gasteiger charge is -2.22. The number of hydrogen-bond acceptors (Lipinski definition) is 2. The summed E-state index contributed by atoms with van der Waals surface area (Å²) in [6, 6.07) is 0.691. The first-order chi connectivity index (χ1) is 7.22. The van der Waals surface area contributed by atoms with Crippen LogP contribution in [0.5, 0.6) is 0 Å². The van der Waals surface area contributed by atoms with E-state index in [4.69, 9.17) is 0 Å². The maximum atomic E-state index is 3.63. The van der Waals surface area contributed by atoms with E-state index in [2.05, 4.69) is 31.0 Å². The van der Waals surface area contributed by atoms with Crippen LogP contribution >= 0.6 is 0 Å². The molecule has 0 saturated carbocycles. The first-order valence-electron chi connectivity index (χ1n) is 6.68. The van der Waals surface area contributed by atoms with Crippen molar-refractivity contribution in [3.63, 3.8) is 0 Å². The average molecular weight is 212 g/mol. The molecule has 1 rings (SSSR count). The van der Waals surface area contributed by atoms with E-state index >= 15 is 0 Å². The zero-order valence-electron chi connectivity index (χ0n) is 10.8. The van der Waals surface area contributed by atoms with Crippen LogP contribution in [-0.4, -0.2) is 37.1 Å². The molecule has 0 radical (unpaired) electrons. The number of nitrogens with zero attached hydrogens (tertiary/aromatic N) is 1. The van der Waals surface area contributed by atoms with Crippen molar-refractivity contribution in [1.29, 1.82) is 0 Å². The molecule has 0 aromatic carbocycles. The van der Waals surface area contributed by atoms with Crippen LogP contribution in [0.3, 0.4) is 0 Å². The van der Waals surface area contributed by atoms with E-state index in [1.165, 1.54) is 51.9 Å². The Bertz CT molecular complexity index is 153. The van der Waals surface area contributed by atoms with E-state index in [1.54, 1.807) is 0 Å². The van der Waals surface area contributed by atoms with Crippen molar-refractivity contribution in [2.24, 2.45) is 5.92 Å². The van der Waals surface area contributed by atoms with Crippen LogP contribution in [0.2, 0.25) is 0 Å². The Balaban J connectivity index is 2.04. The second-order valence-electron chi connectivity index (χ2n) is 5.21. The summed E-state index contributed by atoms with van der Waals surface area (Å²) in [4.78, 5) is 2.61. The lowest BCUT2D eigenvalue weighted by Crippen LogP contribution is -2.35. The summed E-state index contributed by atoms with van der Waals surface area (Å²) in [5.74, 6) is 0.794. The largest absolute Gasteiger partial charge is 0.314 e. The number of hydrogen-bond donors (Lipinski definition) is 1. The van der Waals surface area contributed by atoms with Crippen molar-refractivity contribution in [3.8, 4) is 0 Å². The van der Waals surface area contributed by atoms with Crippen LogP contribution in [0.1, 0.15) is 46.5 Å². The first kappa shape index (κ1) is 13.0. The SMILES string of the molecule is CCCC(C)NCC(C)CN1CCCC1. The van der Waals surface area contributed by atoms with Gasteiger partial charge in [0, 0.05) is 12.6 Å². The van der Waals surface area contributed by atoms with Gasteiger partial charge in [-0.05, 0) is 51.7 Å². The smallest absolute Gasteiger partial charge is 0.00387 e. The minimum atomic E-state index is 0.691. The Labute approximate surface area is 95.4 Å². The molecule has 2 atom stereocenters. The number of nitrogens with one attached hydrogen (secondary N) is 1. The first-order valence-corrected chi connectivity index (χ1v) is 6.68. The van der Waals surface area contributed by atoms with Gasteiger partial charge < -0.3 is 10.2 Å². The highest BCUT2D eigenvalue weighted by atomic mass is 15.1. The topological polar surface area (TPSA) is 15.3 Å². The van der Waals surface area contributed by atoms with Crippen LogP contribution in [0.15, 0.2) is 0 Å². The summed E-state index contributed by atoms with van der Waals surface area (Å²) in [5, 5.41) is 3.63. The molecule has 0 aromatic rings. The standard InChI is InChI=1S/C13H28N2/c1-4-7-13(3)14-10-12(2)11-15-8-5-6-9-15/h12-14H,4-11H2,1-3H3. The molecular weight excluding hydrogens is 184 g/mol.